The molecule has 0 spiro atoms. The van der Waals surface area contributed by atoms with Crippen LogP contribution in [0, 0.1) is 0 Å². The zero-order chi connectivity index (χ0) is 20.0. The van der Waals surface area contributed by atoms with E-state index in [-0.39, 0.29) is 17.3 Å². The zero-order valence-electron chi connectivity index (χ0n) is 16.1. The number of methoxy groups -OCH3 is 1. The van der Waals surface area contributed by atoms with Crippen molar-refractivity contribution in [2.45, 2.75) is 30.6 Å². The Morgan fingerprint density at radius 3 is 2.32 bits per heavy atom. The first-order chi connectivity index (χ1) is 13.5. The van der Waals surface area contributed by atoms with Crippen LogP contribution in [0.2, 0.25) is 0 Å². The van der Waals surface area contributed by atoms with E-state index in [0.717, 1.165) is 25.7 Å². The van der Waals surface area contributed by atoms with Gasteiger partial charge in [-0.05, 0) is 37.1 Å². The number of carbonyl (C=O) groups is 1. The minimum absolute atomic E-state index is 0.154. The minimum atomic E-state index is -3.89. The summed E-state index contributed by atoms with van der Waals surface area (Å²) in [5, 5.41) is 0. The SMILES string of the molecule is COc1cccc(N(CC(=O)N2CCCCCC2)S(=O)(=O)c2ccccc2)c1. The lowest BCUT2D eigenvalue weighted by molar-refractivity contribution is -0.129. The van der Waals surface area contributed by atoms with Crippen LogP contribution < -0.4 is 9.04 Å². The summed E-state index contributed by atoms with van der Waals surface area (Å²) in [5.41, 5.74) is 0.409. The molecule has 0 bridgehead atoms. The van der Waals surface area contributed by atoms with Crippen LogP contribution in [0.4, 0.5) is 5.69 Å². The molecule has 0 atom stereocenters. The van der Waals surface area contributed by atoms with E-state index in [2.05, 4.69) is 0 Å². The van der Waals surface area contributed by atoms with Crippen LogP contribution in [0.1, 0.15) is 25.7 Å². The number of amides is 1. The molecule has 0 unspecified atom stereocenters. The third kappa shape index (κ3) is 4.65. The molecular formula is C21H26N2O4S. The van der Waals surface area contributed by atoms with E-state index in [9.17, 15) is 13.2 Å². The maximum atomic E-state index is 13.3. The molecule has 7 heteroatoms. The van der Waals surface area contributed by atoms with Crippen molar-refractivity contribution in [3.63, 3.8) is 0 Å². The van der Waals surface area contributed by atoms with Gasteiger partial charge in [-0.3, -0.25) is 9.10 Å². The van der Waals surface area contributed by atoms with Gasteiger partial charge in [0.15, 0.2) is 0 Å². The van der Waals surface area contributed by atoms with Gasteiger partial charge in [0, 0.05) is 19.2 Å². The Bertz CT molecular complexity index is 892. The van der Waals surface area contributed by atoms with Gasteiger partial charge in [-0.25, -0.2) is 8.42 Å². The van der Waals surface area contributed by atoms with E-state index in [1.807, 2.05) is 0 Å². The van der Waals surface area contributed by atoms with Crippen molar-refractivity contribution < 1.29 is 17.9 Å². The number of benzene rings is 2. The summed E-state index contributed by atoms with van der Waals surface area (Å²) >= 11 is 0. The Balaban J connectivity index is 1.95. The highest BCUT2D eigenvalue weighted by Crippen LogP contribution is 2.27. The number of hydrogen-bond donors (Lipinski definition) is 0. The van der Waals surface area contributed by atoms with Crippen LogP contribution in [-0.4, -0.2) is 46.0 Å². The lowest BCUT2D eigenvalue weighted by Crippen LogP contribution is -2.43. The van der Waals surface area contributed by atoms with Crippen molar-refractivity contribution >= 4 is 21.6 Å². The molecule has 150 valence electrons. The van der Waals surface area contributed by atoms with E-state index in [1.54, 1.807) is 59.5 Å². The van der Waals surface area contributed by atoms with Crippen LogP contribution in [0.5, 0.6) is 5.75 Å². The fraction of sp³-hybridized carbons (Fsp3) is 0.381. The minimum Gasteiger partial charge on any atom is -0.497 e. The fourth-order valence-corrected chi connectivity index (χ4v) is 4.77. The molecule has 3 rings (SSSR count). The number of ether oxygens (including phenoxy) is 1. The number of nitrogens with zero attached hydrogens (tertiary/aromatic N) is 2. The largest absolute Gasteiger partial charge is 0.497 e. The number of rotatable bonds is 6. The zero-order valence-corrected chi connectivity index (χ0v) is 16.9. The highest BCUT2D eigenvalue weighted by Gasteiger charge is 2.29. The third-order valence-corrected chi connectivity index (χ3v) is 6.70. The second-order valence-electron chi connectivity index (χ2n) is 6.82. The van der Waals surface area contributed by atoms with E-state index in [1.165, 1.54) is 11.4 Å². The molecule has 0 aromatic heterocycles. The number of hydrogen-bond acceptors (Lipinski definition) is 4. The van der Waals surface area contributed by atoms with Gasteiger partial charge in [0.25, 0.3) is 10.0 Å². The van der Waals surface area contributed by atoms with E-state index >= 15 is 0 Å². The summed E-state index contributed by atoms with van der Waals surface area (Å²) in [6, 6.07) is 15.0. The first kappa shape index (κ1) is 20.2. The van der Waals surface area contributed by atoms with Crippen LogP contribution in [0.3, 0.4) is 0 Å². The smallest absolute Gasteiger partial charge is 0.264 e. The Morgan fingerprint density at radius 1 is 1.00 bits per heavy atom. The summed E-state index contributed by atoms with van der Waals surface area (Å²) in [6.45, 7) is 1.12. The molecule has 0 saturated carbocycles. The van der Waals surface area contributed by atoms with Crippen molar-refractivity contribution in [2.24, 2.45) is 0 Å². The normalized spacial score (nSPS) is 15.0. The summed E-state index contributed by atoms with van der Waals surface area (Å²) in [7, 11) is -2.37. The summed E-state index contributed by atoms with van der Waals surface area (Å²) in [5.74, 6) is 0.359. The van der Waals surface area contributed by atoms with Crippen molar-refractivity contribution in [1.82, 2.24) is 4.90 Å². The van der Waals surface area contributed by atoms with Crippen molar-refractivity contribution in [3.05, 3.63) is 54.6 Å². The van der Waals surface area contributed by atoms with Gasteiger partial charge in [-0.15, -0.1) is 0 Å². The first-order valence-electron chi connectivity index (χ1n) is 9.52. The van der Waals surface area contributed by atoms with Crippen LogP contribution in [0.15, 0.2) is 59.5 Å². The summed E-state index contributed by atoms with van der Waals surface area (Å²) in [6.07, 6.45) is 4.12. The summed E-state index contributed by atoms with van der Waals surface area (Å²) in [4.78, 5) is 14.9. The molecule has 1 heterocycles. The van der Waals surface area contributed by atoms with E-state index < -0.39 is 10.0 Å². The van der Waals surface area contributed by atoms with Crippen molar-refractivity contribution in [3.8, 4) is 5.75 Å². The second kappa shape index (κ2) is 9.10. The van der Waals surface area contributed by atoms with Gasteiger partial charge in [-0.1, -0.05) is 37.1 Å². The van der Waals surface area contributed by atoms with E-state index in [4.69, 9.17) is 4.74 Å². The predicted octanol–water partition coefficient (Wildman–Crippen LogP) is 3.29. The number of anilines is 1. The number of likely N-dealkylation sites (tertiary alicyclic amines) is 1. The number of sulfonamides is 1. The molecule has 1 amide bonds. The molecule has 1 aliphatic heterocycles. The lowest BCUT2D eigenvalue weighted by Gasteiger charge is -2.28. The summed E-state index contributed by atoms with van der Waals surface area (Å²) < 4.78 is 33.1. The molecule has 0 aliphatic carbocycles. The Hall–Kier alpha value is -2.54. The van der Waals surface area contributed by atoms with E-state index in [0.29, 0.717) is 24.5 Å². The van der Waals surface area contributed by atoms with Gasteiger partial charge in [0.05, 0.1) is 17.7 Å². The molecule has 1 aliphatic rings. The molecule has 28 heavy (non-hydrogen) atoms. The molecule has 1 fully saturated rings. The van der Waals surface area contributed by atoms with Crippen LogP contribution in [0.25, 0.3) is 0 Å². The van der Waals surface area contributed by atoms with Gasteiger partial charge < -0.3 is 9.64 Å². The first-order valence-corrected chi connectivity index (χ1v) is 11.0. The predicted molar refractivity (Wildman–Crippen MR) is 109 cm³/mol. The van der Waals surface area contributed by atoms with Gasteiger partial charge in [0.2, 0.25) is 5.91 Å². The average molecular weight is 403 g/mol. The molecule has 6 nitrogen and oxygen atoms in total. The highest BCUT2D eigenvalue weighted by atomic mass is 32.2. The Kier molecular flexibility index (Phi) is 6.57. The molecule has 0 radical (unpaired) electrons. The van der Waals surface area contributed by atoms with Crippen LogP contribution in [-0.2, 0) is 14.8 Å². The van der Waals surface area contributed by atoms with Gasteiger partial charge in [-0.2, -0.15) is 0 Å². The molecule has 1 saturated heterocycles. The monoisotopic (exact) mass is 402 g/mol. The standard InChI is InChI=1S/C21H26N2O4S/c1-27-19-11-9-10-18(16-19)23(28(25,26)20-12-5-4-6-13-20)17-21(24)22-14-7-2-3-8-15-22/h4-6,9-13,16H,2-3,7-8,14-15,17H2,1H3. The maximum Gasteiger partial charge on any atom is 0.264 e. The molecular weight excluding hydrogens is 376 g/mol. The fourth-order valence-electron chi connectivity index (χ4n) is 3.34. The second-order valence-corrected chi connectivity index (χ2v) is 8.68. The maximum absolute atomic E-state index is 13.3. The quantitative estimate of drug-likeness (QED) is 0.744. The van der Waals surface area contributed by atoms with Gasteiger partial charge in [0.1, 0.15) is 12.3 Å². The molecule has 2 aromatic rings. The topological polar surface area (TPSA) is 66.9 Å². The van der Waals surface area contributed by atoms with Gasteiger partial charge >= 0.3 is 0 Å². The Morgan fingerprint density at radius 2 is 1.68 bits per heavy atom. The Labute approximate surface area is 166 Å². The molecule has 0 N–H and O–H groups in total. The average Bonchev–Trinajstić information content (AvgIpc) is 3.02. The molecule has 2 aromatic carbocycles. The highest BCUT2D eigenvalue weighted by molar-refractivity contribution is 7.92. The van der Waals surface area contributed by atoms with Crippen molar-refractivity contribution in [2.75, 3.05) is 31.0 Å². The van der Waals surface area contributed by atoms with Crippen LogP contribution >= 0.6 is 0 Å². The third-order valence-electron chi connectivity index (χ3n) is 4.91. The van der Waals surface area contributed by atoms with Crippen molar-refractivity contribution in [1.29, 1.82) is 0 Å². The number of carbonyl (C=O) groups excluding carboxylic acids is 1. The lowest BCUT2D eigenvalue weighted by atomic mass is 10.2.